The Kier molecular flexibility index (Phi) is 5.46. The van der Waals surface area contributed by atoms with E-state index < -0.39 is 15.8 Å². The summed E-state index contributed by atoms with van der Waals surface area (Å²) in [5.41, 5.74) is 1.93. The fraction of sp³-hybridized carbons (Fsp3) is 0.188. The summed E-state index contributed by atoms with van der Waals surface area (Å²) in [6.45, 7) is 1.56. The molecule has 0 aliphatic rings. The summed E-state index contributed by atoms with van der Waals surface area (Å²) in [6.07, 6.45) is 0. The molecule has 7 heteroatoms. The summed E-state index contributed by atoms with van der Waals surface area (Å²) < 4.78 is 39.3. The second kappa shape index (κ2) is 7.34. The third-order valence-electron chi connectivity index (χ3n) is 3.04. The van der Waals surface area contributed by atoms with Crippen molar-refractivity contribution in [3.8, 4) is 0 Å². The summed E-state index contributed by atoms with van der Waals surface area (Å²) in [6, 6.07) is 12.2. The Morgan fingerprint density at radius 2 is 1.57 bits per heavy atom. The van der Waals surface area contributed by atoms with Gasteiger partial charge in [0.1, 0.15) is 5.82 Å². The maximum absolute atomic E-state index is 12.8. The Morgan fingerprint density at radius 3 is 2.13 bits per heavy atom. The lowest BCUT2D eigenvalue weighted by Gasteiger charge is -2.08. The van der Waals surface area contributed by atoms with Crippen molar-refractivity contribution >= 4 is 21.6 Å². The lowest BCUT2D eigenvalue weighted by atomic mass is 10.2. The van der Waals surface area contributed by atoms with E-state index in [9.17, 15) is 17.6 Å². The predicted octanol–water partition coefficient (Wildman–Crippen LogP) is 2.40. The van der Waals surface area contributed by atoms with Crippen LogP contribution in [0.15, 0.2) is 48.5 Å². The number of sulfonamides is 1. The molecule has 0 spiro atoms. The zero-order valence-corrected chi connectivity index (χ0v) is 13.4. The van der Waals surface area contributed by atoms with Crippen molar-refractivity contribution in [2.45, 2.75) is 19.2 Å². The van der Waals surface area contributed by atoms with E-state index in [0.29, 0.717) is 11.3 Å². The highest BCUT2D eigenvalue weighted by Crippen LogP contribution is 2.11. The predicted molar refractivity (Wildman–Crippen MR) is 86.6 cm³/mol. The van der Waals surface area contributed by atoms with Crippen LogP contribution < -0.4 is 10.0 Å². The van der Waals surface area contributed by atoms with E-state index in [4.69, 9.17) is 0 Å². The van der Waals surface area contributed by atoms with Crippen LogP contribution >= 0.6 is 0 Å². The molecule has 2 N–H and O–H groups in total. The summed E-state index contributed by atoms with van der Waals surface area (Å²) in [5, 5.41) is 2.63. The number of amides is 1. The minimum atomic E-state index is -3.52. The molecule has 0 bridgehead atoms. The molecule has 5 nitrogen and oxygen atoms in total. The van der Waals surface area contributed by atoms with Gasteiger partial charge < -0.3 is 5.32 Å². The first kappa shape index (κ1) is 17.1. The highest BCUT2D eigenvalue weighted by Gasteiger charge is 2.11. The van der Waals surface area contributed by atoms with Crippen LogP contribution in [0.1, 0.15) is 18.1 Å². The number of hydrogen-bond acceptors (Lipinski definition) is 3. The Bertz CT molecular complexity index is 772. The van der Waals surface area contributed by atoms with E-state index in [1.165, 1.54) is 31.2 Å². The van der Waals surface area contributed by atoms with E-state index in [2.05, 4.69) is 10.0 Å². The lowest BCUT2D eigenvalue weighted by molar-refractivity contribution is -0.114. The zero-order valence-electron chi connectivity index (χ0n) is 12.5. The molecule has 1 amide bonds. The van der Waals surface area contributed by atoms with Gasteiger partial charge in [0.25, 0.3) is 0 Å². The highest BCUT2D eigenvalue weighted by molar-refractivity contribution is 7.88. The number of halogens is 1. The van der Waals surface area contributed by atoms with Crippen LogP contribution in [0.25, 0.3) is 0 Å². The number of anilines is 1. The Morgan fingerprint density at radius 1 is 1.00 bits per heavy atom. The van der Waals surface area contributed by atoms with Crippen LogP contribution in [0, 0.1) is 5.82 Å². The van der Waals surface area contributed by atoms with E-state index in [1.807, 2.05) is 0 Å². The number of rotatable bonds is 6. The fourth-order valence-corrected chi connectivity index (χ4v) is 3.07. The summed E-state index contributed by atoms with van der Waals surface area (Å²) in [7, 11) is -3.52. The summed E-state index contributed by atoms with van der Waals surface area (Å²) >= 11 is 0. The minimum Gasteiger partial charge on any atom is -0.326 e. The van der Waals surface area contributed by atoms with Crippen LogP contribution in [0.4, 0.5) is 10.1 Å². The lowest BCUT2D eigenvalue weighted by Crippen LogP contribution is -2.24. The minimum absolute atomic E-state index is 0.143. The maximum Gasteiger partial charge on any atom is 0.221 e. The van der Waals surface area contributed by atoms with Crippen molar-refractivity contribution in [3.05, 3.63) is 65.5 Å². The second-order valence-corrected chi connectivity index (χ2v) is 6.89. The van der Waals surface area contributed by atoms with Crippen molar-refractivity contribution in [2.24, 2.45) is 0 Å². The van der Waals surface area contributed by atoms with Gasteiger partial charge in [-0.05, 0) is 35.4 Å². The van der Waals surface area contributed by atoms with E-state index in [0.717, 1.165) is 5.56 Å². The van der Waals surface area contributed by atoms with Gasteiger partial charge in [-0.3, -0.25) is 4.79 Å². The maximum atomic E-state index is 12.8. The summed E-state index contributed by atoms with van der Waals surface area (Å²) in [5.74, 6) is -0.784. The zero-order chi connectivity index (χ0) is 16.9. The topological polar surface area (TPSA) is 75.3 Å². The van der Waals surface area contributed by atoms with Gasteiger partial charge in [0.2, 0.25) is 15.9 Å². The molecule has 0 heterocycles. The largest absolute Gasteiger partial charge is 0.326 e. The SMILES string of the molecule is CC(=O)Nc1ccc(CNS(=O)(=O)Cc2ccc(F)cc2)cc1. The van der Waals surface area contributed by atoms with Crippen molar-refractivity contribution < 1.29 is 17.6 Å². The van der Waals surface area contributed by atoms with E-state index >= 15 is 0 Å². The molecule has 122 valence electrons. The van der Waals surface area contributed by atoms with Crippen molar-refractivity contribution in [1.29, 1.82) is 0 Å². The van der Waals surface area contributed by atoms with Crippen molar-refractivity contribution in [1.82, 2.24) is 4.72 Å². The standard InChI is InChI=1S/C16H17FN2O3S/c1-12(20)19-16-8-4-13(5-9-16)10-18-23(21,22)11-14-2-6-15(17)7-3-14/h2-9,18H,10-11H2,1H3,(H,19,20). The molecule has 0 aliphatic carbocycles. The molecule has 0 unspecified atom stereocenters. The molecular formula is C16H17FN2O3S. The third-order valence-corrected chi connectivity index (χ3v) is 4.34. The summed E-state index contributed by atoms with van der Waals surface area (Å²) in [4.78, 5) is 10.9. The fourth-order valence-electron chi connectivity index (χ4n) is 1.95. The molecule has 0 aliphatic heterocycles. The van der Waals surface area contributed by atoms with Gasteiger partial charge in [-0.15, -0.1) is 0 Å². The third kappa shape index (κ3) is 5.80. The van der Waals surface area contributed by atoms with Crippen LogP contribution in [0.3, 0.4) is 0 Å². The van der Waals surface area contributed by atoms with Crippen molar-refractivity contribution in [3.63, 3.8) is 0 Å². The number of hydrogen-bond donors (Lipinski definition) is 2. The van der Waals surface area contributed by atoms with Gasteiger partial charge in [-0.25, -0.2) is 17.5 Å². The number of carbonyl (C=O) groups is 1. The molecule has 2 rings (SSSR count). The highest BCUT2D eigenvalue weighted by atomic mass is 32.2. The van der Waals surface area contributed by atoms with Gasteiger partial charge in [0.05, 0.1) is 5.75 Å². The number of benzene rings is 2. The normalized spacial score (nSPS) is 11.2. The first-order valence-corrected chi connectivity index (χ1v) is 8.57. The van der Waals surface area contributed by atoms with Crippen LogP contribution in [-0.4, -0.2) is 14.3 Å². The molecule has 2 aromatic carbocycles. The molecule has 0 fully saturated rings. The van der Waals surface area contributed by atoms with Crippen LogP contribution in [-0.2, 0) is 27.1 Å². The average Bonchev–Trinajstić information content (AvgIpc) is 2.48. The second-order valence-electron chi connectivity index (χ2n) is 5.08. The molecular weight excluding hydrogens is 319 g/mol. The first-order chi connectivity index (χ1) is 10.8. The molecule has 2 aromatic rings. The Hall–Kier alpha value is -2.25. The quantitative estimate of drug-likeness (QED) is 0.850. The van der Waals surface area contributed by atoms with Crippen LogP contribution in [0.5, 0.6) is 0 Å². The van der Waals surface area contributed by atoms with E-state index in [1.54, 1.807) is 24.3 Å². The molecule has 23 heavy (non-hydrogen) atoms. The average molecular weight is 336 g/mol. The molecule has 0 saturated heterocycles. The smallest absolute Gasteiger partial charge is 0.221 e. The van der Waals surface area contributed by atoms with Gasteiger partial charge in [0, 0.05) is 19.2 Å². The Labute approximate surface area is 134 Å². The monoisotopic (exact) mass is 336 g/mol. The van der Waals surface area contributed by atoms with Crippen molar-refractivity contribution in [2.75, 3.05) is 5.32 Å². The molecule has 0 saturated carbocycles. The van der Waals surface area contributed by atoms with Gasteiger partial charge in [-0.2, -0.15) is 0 Å². The van der Waals surface area contributed by atoms with Gasteiger partial charge >= 0.3 is 0 Å². The van der Waals surface area contributed by atoms with Gasteiger partial charge in [-0.1, -0.05) is 24.3 Å². The molecule has 0 atom stereocenters. The van der Waals surface area contributed by atoms with Crippen LogP contribution in [0.2, 0.25) is 0 Å². The molecule has 0 aromatic heterocycles. The van der Waals surface area contributed by atoms with E-state index in [-0.39, 0.29) is 18.2 Å². The van der Waals surface area contributed by atoms with Gasteiger partial charge in [0.15, 0.2) is 0 Å². The number of nitrogens with one attached hydrogen (secondary N) is 2. The molecule has 0 radical (unpaired) electrons. The first-order valence-electron chi connectivity index (χ1n) is 6.92. The number of carbonyl (C=O) groups excluding carboxylic acids is 1. The Balaban J connectivity index is 1.93.